The zero-order valence-electron chi connectivity index (χ0n) is 16.0. The van der Waals surface area contributed by atoms with Gasteiger partial charge in [0.15, 0.2) is 0 Å². The van der Waals surface area contributed by atoms with Crippen LogP contribution >= 0.6 is 0 Å². The third kappa shape index (κ3) is 6.41. The van der Waals surface area contributed by atoms with E-state index in [0.717, 1.165) is 32.5 Å². The molecule has 1 aromatic carbocycles. The van der Waals surface area contributed by atoms with Crippen molar-refractivity contribution in [3.63, 3.8) is 0 Å². The highest BCUT2D eigenvalue weighted by atomic mass is 16.2. The Labute approximate surface area is 162 Å². The van der Waals surface area contributed by atoms with E-state index in [1.165, 1.54) is 38.5 Å². The number of nitrogens with zero attached hydrogens (tertiary/aromatic N) is 2. The predicted octanol–water partition coefficient (Wildman–Crippen LogP) is 4.42. The van der Waals surface area contributed by atoms with Crippen LogP contribution in [0.1, 0.15) is 56.9 Å². The van der Waals surface area contributed by atoms with Crippen LogP contribution in [0.3, 0.4) is 0 Å². The van der Waals surface area contributed by atoms with Crippen LogP contribution < -0.4 is 10.6 Å². The van der Waals surface area contributed by atoms with Crippen molar-refractivity contribution in [2.24, 2.45) is 0 Å². The van der Waals surface area contributed by atoms with E-state index in [0.29, 0.717) is 11.3 Å². The largest absolute Gasteiger partial charge is 0.335 e. The first-order valence-electron chi connectivity index (χ1n) is 10.2. The maximum Gasteiger partial charge on any atom is 0.319 e. The molecular weight excluding hydrogens is 336 g/mol. The minimum Gasteiger partial charge on any atom is -0.335 e. The summed E-state index contributed by atoms with van der Waals surface area (Å²) in [6.07, 6.45) is 12.3. The van der Waals surface area contributed by atoms with Gasteiger partial charge < -0.3 is 10.6 Å². The number of rotatable bonds is 4. The molecule has 1 saturated heterocycles. The summed E-state index contributed by atoms with van der Waals surface area (Å²) in [4.78, 5) is 14.7. The summed E-state index contributed by atoms with van der Waals surface area (Å²) in [7, 11) is 0. The number of urea groups is 1. The summed E-state index contributed by atoms with van der Waals surface area (Å²) in [6, 6.07) is 9.10. The number of hydrogen-bond acceptors (Lipinski definition) is 3. The van der Waals surface area contributed by atoms with Gasteiger partial charge in [0.1, 0.15) is 0 Å². The van der Waals surface area contributed by atoms with Crippen LogP contribution in [0, 0.1) is 11.3 Å². The van der Waals surface area contributed by atoms with Crippen LogP contribution in [0.5, 0.6) is 0 Å². The molecule has 0 radical (unpaired) electrons. The van der Waals surface area contributed by atoms with E-state index in [-0.39, 0.29) is 12.1 Å². The predicted molar refractivity (Wildman–Crippen MR) is 109 cm³/mol. The number of piperidine rings is 1. The van der Waals surface area contributed by atoms with Gasteiger partial charge in [-0.2, -0.15) is 5.26 Å². The van der Waals surface area contributed by atoms with Crippen LogP contribution in [0.2, 0.25) is 0 Å². The van der Waals surface area contributed by atoms with Crippen molar-refractivity contribution >= 4 is 11.7 Å². The van der Waals surface area contributed by atoms with Crippen LogP contribution in [0.25, 0.3) is 0 Å². The molecule has 0 unspecified atom stereocenters. The van der Waals surface area contributed by atoms with Crippen molar-refractivity contribution in [3.05, 3.63) is 41.5 Å². The zero-order chi connectivity index (χ0) is 18.9. The molecule has 0 spiro atoms. The second-order valence-electron chi connectivity index (χ2n) is 7.66. The fraction of sp³-hybridized carbons (Fsp3) is 0.545. The first kappa shape index (κ1) is 19.4. The van der Waals surface area contributed by atoms with Gasteiger partial charge in [-0.1, -0.05) is 30.6 Å². The van der Waals surface area contributed by atoms with Crippen molar-refractivity contribution in [1.29, 1.82) is 5.26 Å². The van der Waals surface area contributed by atoms with Crippen LogP contribution in [-0.4, -0.2) is 36.6 Å². The van der Waals surface area contributed by atoms with Crippen molar-refractivity contribution in [3.8, 4) is 6.07 Å². The summed E-state index contributed by atoms with van der Waals surface area (Å²) >= 11 is 0. The lowest BCUT2D eigenvalue weighted by molar-refractivity contribution is 0.205. The summed E-state index contributed by atoms with van der Waals surface area (Å²) in [6.45, 7) is 3.16. The Kier molecular flexibility index (Phi) is 7.29. The molecule has 5 heteroatoms. The monoisotopic (exact) mass is 366 g/mol. The van der Waals surface area contributed by atoms with Gasteiger partial charge in [-0.25, -0.2) is 4.79 Å². The van der Waals surface area contributed by atoms with Crippen molar-refractivity contribution < 1.29 is 4.79 Å². The van der Waals surface area contributed by atoms with Gasteiger partial charge in [0.25, 0.3) is 0 Å². The van der Waals surface area contributed by atoms with E-state index in [1.54, 1.807) is 29.8 Å². The first-order valence-corrected chi connectivity index (χ1v) is 10.2. The lowest BCUT2D eigenvalue weighted by Gasteiger charge is -2.33. The number of carbonyl (C=O) groups is 1. The van der Waals surface area contributed by atoms with Gasteiger partial charge in [0.2, 0.25) is 0 Å². The highest BCUT2D eigenvalue weighted by molar-refractivity contribution is 5.89. The van der Waals surface area contributed by atoms with Crippen LogP contribution in [0.4, 0.5) is 10.5 Å². The number of anilines is 1. The number of allylic oxidation sites excluding steroid dienone is 1. The molecule has 0 atom stereocenters. The van der Waals surface area contributed by atoms with Gasteiger partial charge in [-0.05, 0) is 56.7 Å². The molecule has 1 aliphatic carbocycles. The van der Waals surface area contributed by atoms with Gasteiger partial charge in [-0.15, -0.1) is 0 Å². The smallest absolute Gasteiger partial charge is 0.319 e. The van der Waals surface area contributed by atoms with E-state index < -0.39 is 0 Å². The minimum absolute atomic E-state index is 0.189. The third-order valence-electron chi connectivity index (χ3n) is 5.48. The minimum atomic E-state index is -0.189. The average molecular weight is 367 g/mol. The topological polar surface area (TPSA) is 68.2 Å². The molecular formula is C22H30N4O. The Morgan fingerprint density at radius 3 is 2.81 bits per heavy atom. The number of nitrogens with one attached hydrogen (secondary N) is 2. The summed E-state index contributed by atoms with van der Waals surface area (Å²) in [5.41, 5.74) is 2.81. The Morgan fingerprint density at radius 2 is 2.00 bits per heavy atom. The molecule has 1 aliphatic heterocycles. The molecule has 5 nitrogen and oxygen atoms in total. The highest BCUT2D eigenvalue weighted by Crippen LogP contribution is 2.20. The second kappa shape index (κ2) is 10.1. The molecule has 1 aromatic rings. The highest BCUT2D eigenvalue weighted by Gasteiger charge is 2.21. The van der Waals surface area contributed by atoms with Gasteiger partial charge in [0.05, 0.1) is 11.6 Å². The van der Waals surface area contributed by atoms with Crippen molar-refractivity contribution in [2.45, 2.75) is 57.4 Å². The fourth-order valence-corrected chi connectivity index (χ4v) is 3.94. The Hall–Kier alpha value is -2.32. The van der Waals surface area contributed by atoms with E-state index in [2.05, 4.69) is 27.7 Å². The number of hydrogen-bond donors (Lipinski definition) is 2. The number of benzene rings is 1. The Bertz CT molecular complexity index is 699. The molecule has 27 heavy (non-hydrogen) atoms. The van der Waals surface area contributed by atoms with Crippen molar-refractivity contribution in [1.82, 2.24) is 10.2 Å². The Balaban J connectivity index is 1.41. The number of carbonyl (C=O) groups excluding carboxylic acids is 1. The maximum atomic E-state index is 12.2. The molecule has 0 saturated carbocycles. The van der Waals surface area contributed by atoms with Gasteiger partial charge in [0, 0.05) is 31.4 Å². The molecule has 144 valence electrons. The normalized spacial score (nSPS) is 21.2. The third-order valence-corrected chi connectivity index (χ3v) is 5.48. The molecule has 2 amide bonds. The second-order valence-corrected chi connectivity index (χ2v) is 7.66. The standard InChI is InChI=1S/C22H30N4O/c23-16-19-9-6-10-21(15-19)25-22(27)24-20-11-13-26(14-12-20)17-18-7-4-2-1-3-5-8-18/h6-7,9-10,15,20H,1-5,8,11-14,17H2,(H2,24,25,27)/b18-7-. The molecule has 2 aliphatic rings. The number of likely N-dealkylation sites (tertiary alicyclic amines) is 1. The molecule has 0 aromatic heterocycles. The average Bonchev–Trinajstić information content (AvgIpc) is 2.65. The summed E-state index contributed by atoms with van der Waals surface area (Å²) in [5, 5.41) is 14.8. The molecule has 1 fully saturated rings. The van der Waals surface area contributed by atoms with Crippen LogP contribution in [-0.2, 0) is 0 Å². The molecule has 2 N–H and O–H groups in total. The lowest BCUT2D eigenvalue weighted by Crippen LogP contribution is -2.46. The molecule has 0 bridgehead atoms. The first-order chi connectivity index (χ1) is 13.2. The quantitative estimate of drug-likeness (QED) is 0.775. The SMILES string of the molecule is N#Cc1cccc(NC(=O)NC2CCN(C/C3=C\CCCCCC3)CC2)c1. The number of nitriles is 1. The number of amides is 2. The van der Waals surface area contributed by atoms with E-state index >= 15 is 0 Å². The Morgan fingerprint density at radius 1 is 1.19 bits per heavy atom. The fourth-order valence-electron chi connectivity index (χ4n) is 3.94. The summed E-state index contributed by atoms with van der Waals surface area (Å²) < 4.78 is 0. The van der Waals surface area contributed by atoms with Gasteiger partial charge in [-0.3, -0.25) is 4.90 Å². The maximum absolute atomic E-state index is 12.2. The van der Waals surface area contributed by atoms with E-state index in [9.17, 15) is 4.79 Å². The van der Waals surface area contributed by atoms with E-state index in [1.807, 2.05) is 0 Å². The summed E-state index contributed by atoms with van der Waals surface area (Å²) in [5.74, 6) is 0. The molecule has 3 rings (SSSR count). The van der Waals surface area contributed by atoms with Crippen LogP contribution in [0.15, 0.2) is 35.9 Å². The van der Waals surface area contributed by atoms with Gasteiger partial charge >= 0.3 is 6.03 Å². The lowest BCUT2D eigenvalue weighted by atomic mass is 9.98. The van der Waals surface area contributed by atoms with Crippen molar-refractivity contribution in [2.75, 3.05) is 25.0 Å². The zero-order valence-corrected chi connectivity index (χ0v) is 16.0. The molecule has 1 heterocycles. The van der Waals surface area contributed by atoms with E-state index in [4.69, 9.17) is 5.26 Å².